The molecule has 0 radical (unpaired) electrons. The van der Waals surface area contributed by atoms with Crippen LogP contribution in [0.5, 0.6) is 0 Å². The molecule has 0 aliphatic carbocycles. The van der Waals surface area contributed by atoms with Crippen LogP contribution in [-0.4, -0.2) is 5.91 Å². The minimum absolute atomic E-state index is 0.334. The van der Waals surface area contributed by atoms with Crippen molar-refractivity contribution in [1.82, 2.24) is 0 Å². The molecular formula is C14H8FIN2O. The highest BCUT2D eigenvalue weighted by atomic mass is 127. The Morgan fingerprint density at radius 3 is 2.74 bits per heavy atom. The number of benzene rings is 2. The van der Waals surface area contributed by atoms with Crippen LogP contribution in [0.4, 0.5) is 10.1 Å². The van der Waals surface area contributed by atoms with E-state index < -0.39 is 0 Å². The van der Waals surface area contributed by atoms with E-state index in [1.165, 1.54) is 18.2 Å². The van der Waals surface area contributed by atoms with Crippen molar-refractivity contribution < 1.29 is 9.18 Å². The highest BCUT2D eigenvalue weighted by Gasteiger charge is 2.11. The highest BCUT2D eigenvalue weighted by Crippen LogP contribution is 2.17. The number of carbonyl (C=O) groups excluding carboxylic acids is 1. The van der Waals surface area contributed by atoms with Crippen molar-refractivity contribution >= 4 is 34.2 Å². The van der Waals surface area contributed by atoms with Gasteiger partial charge in [0.05, 0.1) is 17.2 Å². The highest BCUT2D eigenvalue weighted by molar-refractivity contribution is 14.1. The number of carbonyl (C=O) groups is 1. The first kappa shape index (κ1) is 13.5. The van der Waals surface area contributed by atoms with E-state index in [-0.39, 0.29) is 11.7 Å². The largest absolute Gasteiger partial charge is 0.322 e. The second-order valence-electron chi connectivity index (χ2n) is 3.77. The van der Waals surface area contributed by atoms with Gasteiger partial charge >= 0.3 is 0 Å². The number of anilines is 1. The zero-order chi connectivity index (χ0) is 13.8. The minimum atomic E-state index is -0.382. The Bertz CT molecular complexity index is 679. The fourth-order valence-electron chi connectivity index (χ4n) is 1.54. The van der Waals surface area contributed by atoms with Gasteiger partial charge in [0.1, 0.15) is 5.82 Å². The number of halogens is 2. The average Bonchev–Trinajstić information content (AvgIpc) is 2.38. The van der Waals surface area contributed by atoms with Crippen molar-refractivity contribution in [3.8, 4) is 6.07 Å². The third kappa shape index (κ3) is 3.29. The Hall–Kier alpha value is -1.94. The molecule has 0 aliphatic rings. The maximum absolute atomic E-state index is 13.0. The Kier molecular flexibility index (Phi) is 4.12. The molecule has 0 fully saturated rings. The molecule has 94 valence electrons. The molecule has 0 heterocycles. The van der Waals surface area contributed by atoms with Gasteiger partial charge in [-0.25, -0.2) is 4.39 Å². The molecule has 0 saturated carbocycles. The molecule has 1 amide bonds. The summed E-state index contributed by atoms with van der Waals surface area (Å²) in [5.41, 5.74) is 1.39. The van der Waals surface area contributed by atoms with Crippen LogP contribution in [0.15, 0.2) is 42.5 Å². The lowest BCUT2D eigenvalue weighted by atomic mass is 10.2. The van der Waals surface area contributed by atoms with Gasteiger partial charge in [-0.3, -0.25) is 4.79 Å². The van der Waals surface area contributed by atoms with E-state index in [1.54, 1.807) is 24.3 Å². The summed E-state index contributed by atoms with van der Waals surface area (Å²) in [5.74, 6) is -0.716. The van der Waals surface area contributed by atoms with E-state index >= 15 is 0 Å². The molecular weight excluding hydrogens is 358 g/mol. The molecule has 0 aromatic heterocycles. The van der Waals surface area contributed by atoms with Crippen LogP contribution >= 0.6 is 22.6 Å². The molecule has 2 aromatic rings. The van der Waals surface area contributed by atoms with Crippen molar-refractivity contribution in [2.24, 2.45) is 0 Å². The van der Waals surface area contributed by atoms with Crippen LogP contribution in [-0.2, 0) is 0 Å². The summed E-state index contributed by atoms with van der Waals surface area (Å²) in [6.45, 7) is 0. The van der Waals surface area contributed by atoms with Crippen LogP contribution in [0, 0.1) is 20.7 Å². The quantitative estimate of drug-likeness (QED) is 0.827. The maximum Gasteiger partial charge on any atom is 0.256 e. The monoisotopic (exact) mass is 366 g/mol. The topological polar surface area (TPSA) is 52.9 Å². The number of amides is 1. The van der Waals surface area contributed by atoms with Gasteiger partial charge < -0.3 is 5.32 Å². The van der Waals surface area contributed by atoms with Crippen LogP contribution in [0.3, 0.4) is 0 Å². The third-order valence-corrected chi connectivity index (χ3v) is 3.32. The Morgan fingerprint density at radius 2 is 2.05 bits per heavy atom. The van der Waals surface area contributed by atoms with Crippen molar-refractivity contribution in [3.05, 3.63) is 63.0 Å². The smallest absolute Gasteiger partial charge is 0.256 e. The molecule has 3 nitrogen and oxygen atoms in total. The number of nitrogens with one attached hydrogen (secondary N) is 1. The Labute approximate surface area is 123 Å². The van der Waals surface area contributed by atoms with Crippen LogP contribution < -0.4 is 5.32 Å². The summed E-state index contributed by atoms with van der Waals surface area (Å²) in [6.07, 6.45) is 0. The summed E-state index contributed by atoms with van der Waals surface area (Å²) in [7, 11) is 0. The van der Waals surface area contributed by atoms with E-state index in [1.807, 2.05) is 28.7 Å². The van der Waals surface area contributed by atoms with Crippen LogP contribution in [0.1, 0.15) is 15.9 Å². The second-order valence-corrected chi connectivity index (χ2v) is 4.93. The van der Waals surface area contributed by atoms with E-state index in [2.05, 4.69) is 5.32 Å². The van der Waals surface area contributed by atoms with Gasteiger partial charge in [-0.15, -0.1) is 0 Å². The number of rotatable bonds is 2. The lowest BCUT2D eigenvalue weighted by molar-refractivity contribution is 0.102. The van der Waals surface area contributed by atoms with Gasteiger partial charge in [0.2, 0.25) is 0 Å². The Morgan fingerprint density at radius 1 is 1.26 bits per heavy atom. The average molecular weight is 366 g/mol. The van der Waals surface area contributed by atoms with Crippen molar-refractivity contribution in [2.75, 3.05) is 5.32 Å². The number of nitrogens with zero attached hydrogens (tertiary/aromatic N) is 1. The predicted octanol–water partition coefficient (Wildman–Crippen LogP) is 3.55. The number of nitriles is 1. The van der Waals surface area contributed by atoms with Gasteiger partial charge in [-0.2, -0.15) is 5.26 Å². The molecule has 0 bridgehead atoms. The molecule has 5 heteroatoms. The summed E-state index contributed by atoms with van der Waals surface area (Å²) in [6, 6.07) is 12.6. The SMILES string of the molecule is N#Cc1cccc(NC(=O)c2ccc(F)cc2I)c1. The van der Waals surface area contributed by atoms with Crippen LogP contribution in [0.25, 0.3) is 0 Å². The summed E-state index contributed by atoms with van der Waals surface area (Å²) in [4.78, 5) is 12.0. The molecule has 19 heavy (non-hydrogen) atoms. The first-order valence-corrected chi connectivity index (χ1v) is 6.44. The molecule has 0 atom stereocenters. The molecule has 2 aromatic carbocycles. The Balaban J connectivity index is 2.23. The molecule has 0 saturated heterocycles. The van der Waals surface area contributed by atoms with Crippen molar-refractivity contribution in [2.45, 2.75) is 0 Å². The fourth-order valence-corrected chi connectivity index (χ4v) is 2.26. The fraction of sp³-hybridized carbons (Fsp3) is 0. The van der Waals surface area contributed by atoms with Crippen molar-refractivity contribution in [1.29, 1.82) is 5.26 Å². The predicted molar refractivity (Wildman–Crippen MR) is 78.2 cm³/mol. The first-order chi connectivity index (χ1) is 9.10. The number of hydrogen-bond donors (Lipinski definition) is 1. The third-order valence-electron chi connectivity index (χ3n) is 2.43. The standard InChI is InChI=1S/C14H8FIN2O/c15-10-4-5-12(13(16)7-10)14(19)18-11-3-1-2-9(6-11)8-17/h1-7H,(H,18,19). The van der Waals surface area contributed by atoms with E-state index in [9.17, 15) is 9.18 Å². The molecule has 0 spiro atoms. The van der Waals surface area contributed by atoms with Gasteiger partial charge in [0.25, 0.3) is 5.91 Å². The molecule has 0 aliphatic heterocycles. The van der Waals surface area contributed by atoms with Gasteiger partial charge in [-0.1, -0.05) is 6.07 Å². The minimum Gasteiger partial charge on any atom is -0.322 e. The van der Waals surface area contributed by atoms with Crippen LogP contribution in [0.2, 0.25) is 0 Å². The maximum atomic E-state index is 13.0. The lowest BCUT2D eigenvalue weighted by Crippen LogP contribution is -2.13. The van der Waals surface area contributed by atoms with Gasteiger partial charge in [-0.05, 0) is 59.0 Å². The normalized spacial score (nSPS) is 9.74. The second kappa shape index (κ2) is 5.80. The zero-order valence-corrected chi connectivity index (χ0v) is 11.8. The first-order valence-electron chi connectivity index (χ1n) is 5.37. The summed E-state index contributed by atoms with van der Waals surface area (Å²) in [5, 5.41) is 11.5. The van der Waals surface area contributed by atoms with Crippen molar-refractivity contribution in [3.63, 3.8) is 0 Å². The van der Waals surface area contributed by atoms with E-state index in [0.29, 0.717) is 20.4 Å². The molecule has 1 N–H and O–H groups in total. The molecule has 0 unspecified atom stereocenters. The summed E-state index contributed by atoms with van der Waals surface area (Å²) >= 11 is 1.90. The molecule has 2 rings (SSSR count). The van der Waals surface area contributed by atoms with E-state index in [4.69, 9.17) is 5.26 Å². The van der Waals surface area contributed by atoms with Gasteiger partial charge in [0, 0.05) is 9.26 Å². The number of hydrogen-bond acceptors (Lipinski definition) is 2. The summed E-state index contributed by atoms with van der Waals surface area (Å²) < 4.78 is 13.5. The zero-order valence-electron chi connectivity index (χ0n) is 9.65. The van der Waals surface area contributed by atoms with Gasteiger partial charge in [0.15, 0.2) is 0 Å². The lowest BCUT2D eigenvalue weighted by Gasteiger charge is -2.07. The van der Waals surface area contributed by atoms with E-state index in [0.717, 1.165) is 0 Å².